The number of phenols is 1. The Morgan fingerprint density at radius 1 is 0.912 bits per heavy atom. The van der Waals surface area contributed by atoms with Crippen LogP contribution >= 0.6 is 0 Å². The minimum Gasteiger partial charge on any atom is -0.507 e. The van der Waals surface area contributed by atoms with Crippen molar-refractivity contribution in [2.24, 2.45) is 10.2 Å². The summed E-state index contributed by atoms with van der Waals surface area (Å²) in [6, 6.07) is 19.5. The zero-order valence-corrected chi connectivity index (χ0v) is 18.5. The van der Waals surface area contributed by atoms with Crippen molar-refractivity contribution in [3.8, 4) is 5.75 Å². The fraction of sp³-hybridized carbons (Fsp3) is 0.115. The summed E-state index contributed by atoms with van der Waals surface area (Å²) in [4.78, 5) is 36.1. The van der Waals surface area contributed by atoms with Gasteiger partial charge in [-0.3, -0.25) is 9.59 Å². The quantitative estimate of drug-likeness (QED) is 0.156. The van der Waals surface area contributed by atoms with Crippen molar-refractivity contribution in [1.82, 2.24) is 5.32 Å². The Balaban J connectivity index is 1.61. The van der Waals surface area contributed by atoms with Crippen molar-refractivity contribution in [3.05, 3.63) is 102 Å². The van der Waals surface area contributed by atoms with Gasteiger partial charge in [0, 0.05) is 16.7 Å². The van der Waals surface area contributed by atoms with Gasteiger partial charge in [-0.1, -0.05) is 36.9 Å². The van der Waals surface area contributed by atoms with Gasteiger partial charge in [0.2, 0.25) is 0 Å². The lowest BCUT2D eigenvalue weighted by atomic mass is 10.0. The molecule has 0 radical (unpaired) electrons. The molecule has 3 aromatic carbocycles. The number of hydrogen-bond acceptors (Lipinski definition) is 7. The van der Waals surface area contributed by atoms with Crippen molar-refractivity contribution >= 4 is 29.0 Å². The Kier molecular flexibility index (Phi) is 8.02. The lowest BCUT2D eigenvalue weighted by Crippen LogP contribution is -2.28. The maximum Gasteiger partial charge on any atom is 0.333 e. The van der Waals surface area contributed by atoms with Crippen LogP contribution in [0.5, 0.6) is 5.75 Å². The van der Waals surface area contributed by atoms with E-state index in [4.69, 9.17) is 4.74 Å². The van der Waals surface area contributed by atoms with E-state index >= 15 is 0 Å². The summed E-state index contributed by atoms with van der Waals surface area (Å²) >= 11 is 0. The molecule has 0 saturated carbocycles. The van der Waals surface area contributed by atoms with E-state index < -0.39 is 5.97 Å². The summed E-state index contributed by atoms with van der Waals surface area (Å²) in [5.74, 6) is -1.29. The molecule has 0 saturated heterocycles. The van der Waals surface area contributed by atoms with Gasteiger partial charge in [-0.05, 0) is 49.4 Å². The minimum atomic E-state index is -0.505. The van der Waals surface area contributed by atoms with Gasteiger partial charge < -0.3 is 15.2 Å². The van der Waals surface area contributed by atoms with E-state index in [1.807, 2.05) is 0 Å². The van der Waals surface area contributed by atoms with Gasteiger partial charge in [0.1, 0.15) is 12.4 Å². The first-order valence-electron chi connectivity index (χ1n) is 10.4. The highest BCUT2D eigenvalue weighted by atomic mass is 16.5. The maximum atomic E-state index is 12.7. The zero-order valence-electron chi connectivity index (χ0n) is 18.5. The number of phenolic OH excluding ortho intramolecular Hbond substituents is 1. The molecular formula is C26H23N3O5. The summed E-state index contributed by atoms with van der Waals surface area (Å²) in [7, 11) is 0. The number of hydrogen-bond donors (Lipinski definition) is 2. The minimum absolute atomic E-state index is 0.0467. The number of nitrogens with zero attached hydrogens (tertiary/aromatic N) is 2. The monoisotopic (exact) mass is 457 g/mol. The van der Waals surface area contributed by atoms with E-state index in [1.54, 1.807) is 67.6 Å². The van der Waals surface area contributed by atoms with Gasteiger partial charge in [-0.15, -0.1) is 0 Å². The predicted octanol–water partition coefficient (Wildman–Crippen LogP) is 4.89. The third kappa shape index (κ3) is 6.46. The molecule has 3 aromatic rings. The van der Waals surface area contributed by atoms with Gasteiger partial charge >= 0.3 is 5.97 Å². The lowest BCUT2D eigenvalue weighted by Gasteiger charge is -2.07. The van der Waals surface area contributed by atoms with Crippen LogP contribution in [-0.4, -0.2) is 35.9 Å². The normalized spacial score (nSPS) is 10.6. The summed E-state index contributed by atoms with van der Waals surface area (Å²) in [6.07, 6.45) is 0. The second-order valence-electron chi connectivity index (χ2n) is 7.32. The number of benzene rings is 3. The van der Waals surface area contributed by atoms with Crippen LogP contribution in [0.3, 0.4) is 0 Å². The van der Waals surface area contributed by atoms with Crippen molar-refractivity contribution in [2.45, 2.75) is 6.92 Å². The van der Waals surface area contributed by atoms with Crippen LogP contribution in [0.1, 0.15) is 33.2 Å². The van der Waals surface area contributed by atoms with Gasteiger partial charge in [0.15, 0.2) is 5.78 Å². The van der Waals surface area contributed by atoms with Crippen molar-refractivity contribution in [3.63, 3.8) is 0 Å². The number of rotatable bonds is 9. The standard InChI is InChI=1S/C26H23N3O5/c1-17(2)26(33)34-15-14-27-25(32)19-8-10-20(11-9-19)28-29-21-12-13-23(30)22(16-21)24(31)18-6-4-3-5-7-18/h3-13,16,30H,1,14-15H2,2H3,(H,27,32). The van der Waals surface area contributed by atoms with Crippen LogP contribution in [0.25, 0.3) is 0 Å². The van der Waals surface area contributed by atoms with E-state index in [0.29, 0.717) is 28.1 Å². The SMILES string of the molecule is C=C(C)C(=O)OCCNC(=O)c1ccc(N=Nc2ccc(O)c(C(=O)c3ccccc3)c2)cc1. The number of azo groups is 1. The summed E-state index contributed by atoms with van der Waals surface area (Å²) < 4.78 is 4.92. The number of ketones is 1. The van der Waals surface area contributed by atoms with Gasteiger partial charge in [-0.25, -0.2) is 4.79 Å². The molecule has 8 nitrogen and oxygen atoms in total. The van der Waals surface area contributed by atoms with E-state index in [-0.39, 0.29) is 36.2 Å². The van der Waals surface area contributed by atoms with Crippen LogP contribution in [0.4, 0.5) is 11.4 Å². The number of ether oxygens (including phenoxy) is 1. The molecular weight excluding hydrogens is 434 g/mol. The fourth-order valence-corrected chi connectivity index (χ4v) is 2.84. The zero-order chi connectivity index (χ0) is 24.5. The largest absolute Gasteiger partial charge is 0.507 e. The smallest absolute Gasteiger partial charge is 0.333 e. The molecule has 0 atom stereocenters. The molecule has 0 bridgehead atoms. The molecule has 0 aromatic heterocycles. The van der Waals surface area contributed by atoms with Crippen LogP contribution in [-0.2, 0) is 9.53 Å². The molecule has 34 heavy (non-hydrogen) atoms. The number of carbonyl (C=O) groups is 3. The Morgan fingerprint density at radius 2 is 1.56 bits per heavy atom. The van der Waals surface area contributed by atoms with Gasteiger partial charge in [0.05, 0.1) is 23.5 Å². The second kappa shape index (κ2) is 11.3. The van der Waals surface area contributed by atoms with E-state index in [1.165, 1.54) is 12.1 Å². The maximum absolute atomic E-state index is 12.7. The molecule has 172 valence electrons. The second-order valence-corrected chi connectivity index (χ2v) is 7.32. The average Bonchev–Trinajstić information content (AvgIpc) is 2.86. The fourth-order valence-electron chi connectivity index (χ4n) is 2.84. The number of aromatic hydroxyl groups is 1. The third-order valence-electron chi connectivity index (χ3n) is 4.64. The molecule has 0 aliphatic heterocycles. The molecule has 0 aliphatic rings. The molecule has 0 unspecified atom stereocenters. The molecule has 0 spiro atoms. The first-order chi connectivity index (χ1) is 16.3. The number of amides is 1. The summed E-state index contributed by atoms with van der Waals surface area (Å²) in [6.45, 7) is 5.25. The van der Waals surface area contributed by atoms with Crippen LogP contribution in [0.2, 0.25) is 0 Å². The van der Waals surface area contributed by atoms with Crippen molar-refractivity contribution < 1.29 is 24.2 Å². The Morgan fingerprint density at radius 3 is 2.24 bits per heavy atom. The van der Waals surface area contributed by atoms with Crippen LogP contribution in [0, 0.1) is 0 Å². The van der Waals surface area contributed by atoms with Gasteiger partial charge in [0.25, 0.3) is 5.91 Å². The van der Waals surface area contributed by atoms with E-state index in [9.17, 15) is 19.5 Å². The van der Waals surface area contributed by atoms with E-state index in [0.717, 1.165) is 0 Å². The topological polar surface area (TPSA) is 117 Å². The Labute approximate surface area is 196 Å². The Bertz CT molecular complexity index is 1240. The van der Waals surface area contributed by atoms with Gasteiger partial charge in [-0.2, -0.15) is 10.2 Å². The molecule has 0 aliphatic carbocycles. The van der Waals surface area contributed by atoms with Crippen LogP contribution in [0.15, 0.2) is 95.2 Å². The molecule has 0 fully saturated rings. The highest BCUT2D eigenvalue weighted by molar-refractivity contribution is 6.11. The molecule has 0 heterocycles. The highest BCUT2D eigenvalue weighted by Crippen LogP contribution is 2.27. The first-order valence-corrected chi connectivity index (χ1v) is 10.4. The summed E-state index contributed by atoms with van der Waals surface area (Å²) in [5, 5.41) is 21.0. The first kappa shape index (κ1) is 24.1. The van der Waals surface area contributed by atoms with Crippen LogP contribution < -0.4 is 5.32 Å². The van der Waals surface area contributed by atoms with Crippen molar-refractivity contribution in [2.75, 3.05) is 13.2 Å². The van der Waals surface area contributed by atoms with E-state index in [2.05, 4.69) is 22.1 Å². The number of esters is 1. The average molecular weight is 457 g/mol. The number of nitrogens with one attached hydrogen (secondary N) is 1. The number of carbonyl (C=O) groups excluding carboxylic acids is 3. The molecule has 8 heteroatoms. The molecule has 2 N–H and O–H groups in total. The molecule has 1 amide bonds. The third-order valence-corrected chi connectivity index (χ3v) is 4.64. The molecule has 3 rings (SSSR count). The predicted molar refractivity (Wildman–Crippen MR) is 127 cm³/mol. The summed E-state index contributed by atoms with van der Waals surface area (Å²) in [5.41, 5.74) is 2.17. The van der Waals surface area contributed by atoms with Crippen molar-refractivity contribution in [1.29, 1.82) is 0 Å². The highest BCUT2D eigenvalue weighted by Gasteiger charge is 2.14. The Hall–Kier alpha value is -4.59. The lowest BCUT2D eigenvalue weighted by molar-refractivity contribution is -0.138.